The molecule has 4 rings (SSSR count). The number of hydrogen-bond donors (Lipinski definition) is 1. The molecule has 6 heteroatoms. The van der Waals surface area contributed by atoms with Crippen LogP contribution in [0.3, 0.4) is 0 Å². The van der Waals surface area contributed by atoms with Crippen molar-refractivity contribution in [3.63, 3.8) is 0 Å². The number of furan rings is 1. The second-order valence-electron chi connectivity index (χ2n) is 5.36. The number of oxazole rings is 1. The highest BCUT2D eigenvalue weighted by molar-refractivity contribution is 6.03. The van der Waals surface area contributed by atoms with Crippen molar-refractivity contribution in [2.45, 2.75) is 0 Å². The summed E-state index contributed by atoms with van der Waals surface area (Å²) in [6.45, 7) is 0. The Morgan fingerprint density at radius 2 is 1.96 bits per heavy atom. The Kier molecular flexibility index (Phi) is 3.70. The molecule has 2 aromatic carbocycles. The first-order valence-corrected chi connectivity index (χ1v) is 7.63. The fourth-order valence-electron chi connectivity index (χ4n) is 2.46. The van der Waals surface area contributed by atoms with Gasteiger partial charge in [-0.15, -0.1) is 0 Å². The van der Waals surface area contributed by atoms with Gasteiger partial charge in [0.05, 0.1) is 13.4 Å². The third kappa shape index (κ3) is 2.97. The quantitative estimate of drug-likeness (QED) is 0.600. The largest absolute Gasteiger partial charge is 0.497 e. The van der Waals surface area contributed by atoms with Crippen molar-refractivity contribution < 1.29 is 18.4 Å². The first kappa shape index (κ1) is 15.0. The van der Waals surface area contributed by atoms with Crippen LogP contribution in [0, 0.1) is 0 Å². The van der Waals surface area contributed by atoms with Gasteiger partial charge in [-0.25, -0.2) is 4.98 Å². The molecule has 6 nitrogen and oxygen atoms in total. The molecule has 0 aliphatic rings. The van der Waals surface area contributed by atoms with Crippen molar-refractivity contribution in [1.82, 2.24) is 4.98 Å². The van der Waals surface area contributed by atoms with Gasteiger partial charge in [0.2, 0.25) is 5.89 Å². The molecule has 0 atom stereocenters. The zero-order valence-corrected chi connectivity index (χ0v) is 13.4. The molecule has 0 aliphatic carbocycles. The molecular weight excluding hydrogens is 320 g/mol. The van der Waals surface area contributed by atoms with Crippen molar-refractivity contribution in [2.24, 2.45) is 0 Å². The Hall–Kier alpha value is -3.54. The number of carbonyl (C=O) groups excluding carboxylic acids is 1. The highest BCUT2D eigenvalue weighted by Gasteiger charge is 2.12. The number of methoxy groups -OCH3 is 1. The number of anilines is 1. The lowest BCUT2D eigenvalue weighted by Crippen LogP contribution is -2.10. The van der Waals surface area contributed by atoms with Gasteiger partial charge in [0, 0.05) is 11.3 Å². The monoisotopic (exact) mass is 334 g/mol. The lowest BCUT2D eigenvalue weighted by atomic mass is 10.2. The maximum atomic E-state index is 12.0. The first-order valence-electron chi connectivity index (χ1n) is 7.63. The number of fused-ring (bicyclic) bond motifs is 1. The highest BCUT2D eigenvalue weighted by atomic mass is 16.5. The van der Waals surface area contributed by atoms with Crippen LogP contribution in [0.1, 0.15) is 10.6 Å². The zero-order valence-electron chi connectivity index (χ0n) is 13.4. The normalized spacial score (nSPS) is 10.8. The molecule has 2 heterocycles. The number of rotatable bonds is 4. The molecular formula is C19H14N2O4. The number of nitrogens with zero attached hydrogens (tertiary/aromatic N) is 1. The molecule has 124 valence electrons. The van der Waals surface area contributed by atoms with Gasteiger partial charge >= 0.3 is 0 Å². The Bertz CT molecular complexity index is 1020. The van der Waals surface area contributed by atoms with E-state index >= 15 is 0 Å². The second kappa shape index (κ2) is 6.16. The van der Waals surface area contributed by atoms with Gasteiger partial charge in [-0.1, -0.05) is 0 Å². The van der Waals surface area contributed by atoms with Crippen LogP contribution in [-0.4, -0.2) is 18.0 Å². The van der Waals surface area contributed by atoms with Crippen LogP contribution in [0.5, 0.6) is 5.75 Å². The lowest BCUT2D eigenvalue weighted by molar-refractivity contribution is 0.0996. The van der Waals surface area contributed by atoms with Crippen molar-refractivity contribution >= 4 is 22.7 Å². The smallest absolute Gasteiger partial charge is 0.291 e. The third-order valence-electron chi connectivity index (χ3n) is 3.73. The van der Waals surface area contributed by atoms with Crippen LogP contribution in [-0.2, 0) is 0 Å². The minimum Gasteiger partial charge on any atom is -0.497 e. The molecule has 25 heavy (non-hydrogen) atoms. The molecule has 0 saturated heterocycles. The summed E-state index contributed by atoms with van der Waals surface area (Å²) in [4.78, 5) is 16.5. The fourth-order valence-corrected chi connectivity index (χ4v) is 2.46. The van der Waals surface area contributed by atoms with Crippen molar-refractivity contribution in [1.29, 1.82) is 0 Å². The maximum absolute atomic E-state index is 12.0. The summed E-state index contributed by atoms with van der Waals surface area (Å²) >= 11 is 0. The topological polar surface area (TPSA) is 77.5 Å². The summed E-state index contributed by atoms with van der Waals surface area (Å²) in [5.41, 5.74) is 2.76. The van der Waals surface area contributed by atoms with Crippen molar-refractivity contribution in [3.8, 4) is 17.2 Å². The van der Waals surface area contributed by atoms with Gasteiger partial charge < -0.3 is 18.9 Å². The van der Waals surface area contributed by atoms with E-state index < -0.39 is 0 Å². The summed E-state index contributed by atoms with van der Waals surface area (Å²) in [6.07, 6.45) is 1.46. The molecule has 0 spiro atoms. The minimum absolute atomic E-state index is 0.249. The van der Waals surface area contributed by atoms with Gasteiger partial charge in [-0.05, 0) is 54.6 Å². The summed E-state index contributed by atoms with van der Waals surface area (Å²) in [7, 11) is 1.62. The molecule has 0 aliphatic heterocycles. The lowest BCUT2D eigenvalue weighted by Gasteiger charge is -2.01. The van der Waals surface area contributed by atoms with E-state index in [-0.39, 0.29) is 11.7 Å². The Labute approximate surface area is 143 Å². The Morgan fingerprint density at radius 3 is 2.68 bits per heavy atom. The van der Waals surface area contributed by atoms with Crippen LogP contribution in [0.2, 0.25) is 0 Å². The van der Waals surface area contributed by atoms with Crippen LogP contribution >= 0.6 is 0 Å². The zero-order chi connectivity index (χ0) is 17.2. The molecule has 0 saturated carbocycles. The predicted molar refractivity (Wildman–Crippen MR) is 92.7 cm³/mol. The second-order valence-corrected chi connectivity index (χ2v) is 5.36. The number of carbonyl (C=O) groups is 1. The van der Waals surface area contributed by atoms with E-state index in [1.165, 1.54) is 6.26 Å². The van der Waals surface area contributed by atoms with E-state index in [2.05, 4.69) is 10.3 Å². The van der Waals surface area contributed by atoms with Gasteiger partial charge in [0.15, 0.2) is 11.3 Å². The van der Waals surface area contributed by atoms with Gasteiger partial charge in [0.1, 0.15) is 11.3 Å². The summed E-state index contributed by atoms with van der Waals surface area (Å²) < 4.78 is 16.0. The van der Waals surface area contributed by atoms with E-state index in [0.29, 0.717) is 22.7 Å². The van der Waals surface area contributed by atoms with E-state index in [9.17, 15) is 4.79 Å². The minimum atomic E-state index is -0.316. The van der Waals surface area contributed by atoms with Crippen LogP contribution in [0.15, 0.2) is 69.7 Å². The van der Waals surface area contributed by atoms with Crippen LogP contribution in [0.4, 0.5) is 5.69 Å². The van der Waals surface area contributed by atoms with Crippen molar-refractivity contribution in [2.75, 3.05) is 12.4 Å². The molecule has 0 radical (unpaired) electrons. The highest BCUT2D eigenvalue weighted by Crippen LogP contribution is 2.27. The standard InChI is InChI=1S/C19H14N2O4/c1-23-14-7-4-12(5-8-14)19-21-15-11-13(6-9-16(15)25-19)20-18(22)17-3-2-10-24-17/h2-11H,1H3,(H,20,22). The van der Waals surface area contributed by atoms with Gasteiger partial charge in [-0.3, -0.25) is 4.79 Å². The average molecular weight is 334 g/mol. The fraction of sp³-hybridized carbons (Fsp3) is 0.0526. The molecule has 4 aromatic rings. The van der Waals surface area contributed by atoms with Crippen molar-refractivity contribution in [3.05, 3.63) is 66.6 Å². The number of ether oxygens (including phenoxy) is 1. The number of amides is 1. The molecule has 0 fully saturated rings. The van der Waals surface area contributed by atoms with E-state index in [4.69, 9.17) is 13.6 Å². The Morgan fingerprint density at radius 1 is 1.12 bits per heavy atom. The molecule has 0 bridgehead atoms. The van der Waals surface area contributed by atoms with E-state index in [1.807, 2.05) is 24.3 Å². The van der Waals surface area contributed by atoms with Gasteiger partial charge in [-0.2, -0.15) is 0 Å². The number of nitrogens with one attached hydrogen (secondary N) is 1. The third-order valence-corrected chi connectivity index (χ3v) is 3.73. The van der Waals surface area contributed by atoms with Gasteiger partial charge in [0.25, 0.3) is 5.91 Å². The van der Waals surface area contributed by atoms with Crippen LogP contribution in [0.25, 0.3) is 22.6 Å². The Balaban J connectivity index is 1.61. The average Bonchev–Trinajstić information content (AvgIpc) is 3.31. The summed E-state index contributed by atoms with van der Waals surface area (Å²) in [5.74, 6) is 1.21. The predicted octanol–water partition coefficient (Wildman–Crippen LogP) is 4.35. The van der Waals surface area contributed by atoms with E-state index in [1.54, 1.807) is 37.4 Å². The molecule has 0 unspecified atom stereocenters. The molecule has 1 amide bonds. The number of benzene rings is 2. The number of aromatic nitrogens is 1. The molecule has 1 N–H and O–H groups in total. The summed E-state index contributed by atoms with van der Waals surface area (Å²) in [5, 5.41) is 2.77. The summed E-state index contributed by atoms with van der Waals surface area (Å²) in [6, 6.07) is 16.0. The van der Waals surface area contributed by atoms with Crippen LogP contribution < -0.4 is 10.1 Å². The SMILES string of the molecule is COc1ccc(-c2nc3cc(NC(=O)c4ccco4)ccc3o2)cc1. The first-order chi connectivity index (χ1) is 12.2. The maximum Gasteiger partial charge on any atom is 0.291 e. The van der Waals surface area contributed by atoms with E-state index in [0.717, 1.165) is 11.3 Å². The molecule has 2 aromatic heterocycles. The number of hydrogen-bond acceptors (Lipinski definition) is 5.